The molecule has 0 bridgehead atoms. The van der Waals surface area contributed by atoms with E-state index in [1.165, 1.54) is 22.0 Å². The normalized spacial score (nSPS) is 12.6. The first kappa shape index (κ1) is 24.1. The number of rotatable bonds is 9. The molecule has 2 aromatic heterocycles. The monoisotopic (exact) mass is 526 g/mol. The second-order valence-corrected chi connectivity index (χ2v) is 6.83. The first-order chi connectivity index (χ1) is 14.1. The van der Waals surface area contributed by atoms with Crippen LogP contribution in [0.15, 0.2) is 33.9 Å². The molecule has 3 rings (SSSR count). The molecule has 3 N–H and O–H groups in total. The number of halogens is 1. The number of hydrogen-bond acceptors (Lipinski definition) is 5. The maximum Gasteiger partial charge on any atom is 0.248 e. The summed E-state index contributed by atoms with van der Waals surface area (Å²) in [6.45, 7) is 10.5. The van der Waals surface area contributed by atoms with E-state index in [1.54, 1.807) is 0 Å². The molecule has 0 spiro atoms. The van der Waals surface area contributed by atoms with E-state index < -0.39 is 0 Å². The highest BCUT2D eigenvalue weighted by atomic mass is 127. The van der Waals surface area contributed by atoms with Crippen molar-refractivity contribution in [2.75, 3.05) is 19.7 Å². The van der Waals surface area contributed by atoms with E-state index in [2.05, 4.69) is 62.1 Å². The lowest BCUT2D eigenvalue weighted by atomic mass is 10.1. The summed E-state index contributed by atoms with van der Waals surface area (Å²) in [5.41, 5.74) is 3.75. The molecule has 1 unspecified atom stereocenters. The van der Waals surface area contributed by atoms with Crippen LogP contribution in [0.1, 0.15) is 49.7 Å². The Morgan fingerprint density at radius 2 is 2.13 bits per heavy atom. The average molecular weight is 526 g/mol. The number of H-pyrrole nitrogens is 1. The Balaban J connectivity index is 0.00000320. The Morgan fingerprint density at radius 1 is 1.30 bits per heavy atom. The van der Waals surface area contributed by atoms with Crippen LogP contribution in [0.3, 0.4) is 0 Å². The van der Waals surface area contributed by atoms with Crippen LogP contribution in [0.25, 0.3) is 10.9 Å². The third kappa shape index (κ3) is 6.18. The third-order valence-corrected chi connectivity index (χ3v) is 4.68. The number of nitrogens with zero attached hydrogens (tertiary/aromatic N) is 3. The van der Waals surface area contributed by atoms with Gasteiger partial charge >= 0.3 is 0 Å². The molecule has 0 aliphatic rings. The van der Waals surface area contributed by atoms with Gasteiger partial charge < -0.3 is 24.9 Å². The predicted octanol–water partition coefficient (Wildman–Crippen LogP) is 3.87. The number of nitrogens with one attached hydrogen (secondary N) is 3. The van der Waals surface area contributed by atoms with Gasteiger partial charge in [0, 0.05) is 36.8 Å². The molecule has 0 aliphatic carbocycles. The summed E-state index contributed by atoms with van der Waals surface area (Å²) in [5, 5.41) is 11.9. The van der Waals surface area contributed by atoms with Crippen molar-refractivity contribution >= 4 is 40.8 Å². The number of para-hydroxylation sites is 1. The van der Waals surface area contributed by atoms with E-state index >= 15 is 0 Å². The average Bonchev–Trinajstić information content (AvgIpc) is 3.34. The molecule has 1 aromatic carbocycles. The SMILES string of the molecule is CCNC(=NCc1nc(C(C)OCC)no1)NCCc1c[nH]c2c(C)cccc12.I. The Bertz CT molecular complexity index is 952. The van der Waals surface area contributed by atoms with Crippen LogP contribution >= 0.6 is 24.0 Å². The third-order valence-electron chi connectivity index (χ3n) is 4.68. The first-order valence-electron chi connectivity index (χ1n) is 10.1. The van der Waals surface area contributed by atoms with Crippen molar-refractivity contribution in [3.05, 3.63) is 47.2 Å². The van der Waals surface area contributed by atoms with Crippen molar-refractivity contribution in [1.29, 1.82) is 0 Å². The molecule has 1 atom stereocenters. The summed E-state index contributed by atoms with van der Waals surface area (Å²) >= 11 is 0. The highest BCUT2D eigenvalue weighted by Gasteiger charge is 2.13. The number of fused-ring (bicyclic) bond motifs is 1. The Hall–Kier alpha value is -2.14. The fourth-order valence-corrected chi connectivity index (χ4v) is 3.20. The van der Waals surface area contributed by atoms with Gasteiger partial charge in [-0.15, -0.1) is 24.0 Å². The first-order valence-corrected chi connectivity index (χ1v) is 10.1. The number of ether oxygens (including phenoxy) is 1. The fourth-order valence-electron chi connectivity index (χ4n) is 3.20. The van der Waals surface area contributed by atoms with Crippen molar-refractivity contribution in [2.24, 2.45) is 4.99 Å². The molecule has 164 valence electrons. The molecule has 2 heterocycles. The Kier molecular flexibility index (Phi) is 9.57. The van der Waals surface area contributed by atoms with Gasteiger partial charge in [0.2, 0.25) is 5.89 Å². The van der Waals surface area contributed by atoms with Crippen LogP contribution in [-0.2, 0) is 17.7 Å². The smallest absolute Gasteiger partial charge is 0.248 e. The van der Waals surface area contributed by atoms with E-state index in [-0.39, 0.29) is 30.1 Å². The molecular formula is C21H31IN6O2. The lowest BCUT2D eigenvalue weighted by Gasteiger charge is -2.10. The lowest BCUT2D eigenvalue weighted by Crippen LogP contribution is -2.38. The van der Waals surface area contributed by atoms with Crippen molar-refractivity contribution in [3.8, 4) is 0 Å². The molecular weight excluding hydrogens is 495 g/mol. The van der Waals surface area contributed by atoms with E-state index in [0.717, 1.165) is 25.5 Å². The Morgan fingerprint density at radius 3 is 2.90 bits per heavy atom. The van der Waals surface area contributed by atoms with Crippen molar-refractivity contribution in [1.82, 2.24) is 25.8 Å². The molecule has 0 amide bonds. The largest absolute Gasteiger partial charge is 0.371 e. The van der Waals surface area contributed by atoms with Gasteiger partial charge in [0.05, 0.1) is 0 Å². The minimum absolute atomic E-state index is 0. The summed E-state index contributed by atoms with van der Waals surface area (Å²) in [4.78, 5) is 12.3. The summed E-state index contributed by atoms with van der Waals surface area (Å²) in [6.07, 6.45) is 2.79. The standard InChI is InChI=1S/C21H30N6O2.HI/c1-5-22-21(25-13-18-26-20(27-29-18)15(4)28-6-2)23-11-10-16-12-24-19-14(3)8-7-9-17(16)19;/h7-9,12,15,24H,5-6,10-11,13H2,1-4H3,(H2,22,23,25);1H. The molecule has 8 nitrogen and oxygen atoms in total. The van der Waals surface area contributed by atoms with Gasteiger partial charge in [0.15, 0.2) is 11.8 Å². The van der Waals surface area contributed by atoms with Crippen LogP contribution in [0.2, 0.25) is 0 Å². The van der Waals surface area contributed by atoms with Gasteiger partial charge in [-0.1, -0.05) is 23.4 Å². The van der Waals surface area contributed by atoms with Crippen LogP contribution in [0.4, 0.5) is 0 Å². The molecule has 9 heteroatoms. The zero-order valence-electron chi connectivity index (χ0n) is 18.0. The quantitative estimate of drug-likeness (QED) is 0.222. The zero-order chi connectivity index (χ0) is 20.6. The molecule has 0 saturated carbocycles. The van der Waals surface area contributed by atoms with Gasteiger partial charge in [0.25, 0.3) is 0 Å². The number of aromatic amines is 1. The van der Waals surface area contributed by atoms with E-state index in [9.17, 15) is 0 Å². The number of aryl methyl sites for hydroxylation is 1. The van der Waals surface area contributed by atoms with Crippen molar-refractivity contribution in [3.63, 3.8) is 0 Å². The van der Waals surface area contributed by atoms with E-state index in [1.807, 2.05) is 20.8 Å². The molecule has 0 aliphatic heterocycles. The highest BCUT2D eigenvalue weighted by Crippen LogP contribution is 2.21. The maximum atomic E-state index is 5.48. The number of guanidine groups is 1. The van der Waals surface area contributed by atoms with Gasteiger partial charge in [-0.05, 0) is 45.2 Å². The summed E-state index contributed by atoms with van der Waals surface area (Å²) in [5.74, 6) is 1.74. The molecule has 3 aromatic rings. The van der Waals surface area contributed by atoms with Gasteiger partial charge in [-0.2, -0.15) is 4.98 Å². The van der Waals surface area contributed by atoms with Crippen molar-refractivity contribution in [2.45, 2.75) is 46.8 Å². The number of benzene rings is 1. The Labute approximate surface area is 194 Å². The predicted molar refractivity (Wildman–Crippen MR) is 129 cm³/mol. The summed E-state index contributed by atoms with van der Waals surface area (Å²) in [7, 11) is 0. The zero-order valence-corrected chi connectivity index (χ0v) is 20.3. The maximum absolute atomic E-state index is 5.48. The molecule has 30 heavy (non-hydrogen) atoms. The van der Waals surface area contributed by atoms with Gasteiger partial charge in [-0.3, -0.25) is 0 Å². The second-order valence-electron chi connectivity index (χ2n) is 6.83. The number of hydrogen-bond donors (Lipinski definition) is 3. The number of aliphatic imine (C=N–C) groups is 1. The van der Waals surface area contributed by atoms with Crippen LogP contribution in [0, 0.1) is 6.92 Å². The van der Waals surface area contributed by atoms with Crippen molar-refractivity contribution < 1.29 is 9.26 Å². The second kappa shape index (κ2) is 11.9. The highest BCUT2D eigenvalue weighted by molar-refractivity contribution is 14.0. The minimum Gasteiger partial charge on any atom is -0.371 e. The lowest BCUT2D eigenvalue weighted by molar-refractivity contribution is 0.0683. The van der Waals surface area contributed by atoms with Crippen LogP contribution < -0.4 is 10.6 Å². The van der Waals surface area contributed by atoms with Crippen LogP contribution in [0.5, 0.6) is 0 Å². The fraction of sp³-hybridized carbons (Fsp3) is 0.476. The van der Waals surface area contributed by atoms with Gasteiger partial charge in [-0.25, -0.2) is 4.99 Å². The van der Waals surface area contributed by atoms with E-state index in [0.29, 0.717) is 24.9 Å². The minimum atomic E-state index is -0.187. The van der Waals surface area contributed by atoms with Crippen LogP contribution in [-0.4, -0.2) is 40.8 Å². The number of aromatic nitrogens is 3. The topological polar surface area (TPSA) is 100 Å². The molecule has 0 saturated heterocycles. The summed E-state index contributed by atoms with van der Waals surface area (Å²) < 4.78 is 10.8. The molecule has 0 radical (unpaired) electrons. The van der Waals surface area contributed by atoms with E-state index in [4.69, 9.17) is 9.26 Å². The van der Waals surface area contributed by atoms with Gasteiger partial charge in [0.1, 0.15) is 12.6 Å². The summed E-state index contributed by atoms with van der Waals surface area (Å²) in [6, 6.07) is 6.37. The molecule has 0 fully saturated rings.